The molecule has 0 N–H and O–H groups in total. The summed E-state index contributed by atoms with van der Waals surface area (Å²) in [6.07, 6.45) is 15.3. The van der Waals surface area contributed by atoms with Gasteiger partial charge in [-0.05, 0) is 94.1 Å². The fourth-order valence-electron chi connectivity index (χ4n) is 8.22. The second kappa shape index (κ2) is 10.3. The molecule has 2 nitrogen and oxygen atoms in total. The van der Waals surface area contributed by atoms with Gasteiger partial charge in [0.1, 0.15) is 0 Å². The van der Waals surface area contributed by atoms with E-state index in [1.165, 1.54) is 66.4 Å². The predicted molar refractivity (Wildman–Crippen MR) is 187 cm³/mol. The van der Waals surface area contributed by atoms with Gasteiger partial charge in [0.2, 0.25) is 0 Å². The summed E-state index contributed by atoms with van der Waals surface area (Å²) in [6.45, 7) is 0. The van der Waals surface area contributed by atoms with Crippen molar-refractivity contribution < 1.29 is 0 Å². The molecule has 214 valence electrons. The normalized spacial score (nSPS) is 18.6. The molecule has 2 aliphatic carbocycles. The lowest BCUT2D eigenvalue weighted by molar-refractivity contribution is 0.431. The van der Waals surface area contributed by atoms with E-state index in [4.69, 9.17) is 0 Å². The van der Waals surface area contributed by atoms with E-state index in [2.05, 4.69) is 167 Å². The Morgan fingerprint density at radius 3 is 2.36 bits per heavy atom. The van der Waals surface area contributed by atoms with Crippen LogP contribution in [0.25, 0.3) is 49.7 Å². The third-order valence-electron chi connectivity index (χ3n) is 10.0. The fraction of sp³-hybridized carbons (Fsp3) is 0.0930. The molecule has 0 saturated carbocycles. The molecule has 2 atom stereocenters. The summed E-state index contributed by atoms with van der Waals surface area (Å²) < 4.78 is 2.39. The molecular weight excluding hydrogens is 544 g/mol. The molecule has 7 aromatic rings. The van der Waals surface area contributed by atoms with Crippen LogP contribution in [0, 0.1) is 5.92 Å². The molecular formula is C43H32N2. The van der Waals surface area contributed by atoms with Gasteiger partial charge >= 0.3 is 0 Å². The first kappa shape index (κ1) is 26.0. The van der Waals surface area contributed by atoms with Crippen LogP contribution in [0.5, 0.6) is 0 Å². The Morgan fingerprint density at radius 2 is 1.44 bits per heavy atom. The second-order valence-corrected chi connectivity index (χ2v) is 12.2. The number of rotatable bonds is 4. The average molecular weight is 577 g/mol. The van der Waals surface area contributed by atoms with E-state index in [0.717, 1.165) is 12.8 Å². The Balaban J connectivity index is 1.33. The minimum Gasteiger partial charge on any atom is -0.309 e. The Bertz CT molecular complexity index is 2270. The molecule has 0 fully saturated rings. The van der Waals surface area contributed by atoms with E-state index in [9.17, 15) is 0 Å². The Morgan fingerprint density at radius 1 is 0.644 bits per heavy atom. The maximum absolute atomic E-state index is 4.67. The summed E-state index contributed by atoms with van der Waals surface area (Å²) >= 11 is 0. The van der Waals surface area contributed by atoms with Crippen LogP contribution in [0.3, 0.4) is 0 Å². The molecule has 2 unspecified atom stereocenters. The molecule has 2 aromatic heterocycles. The summed E-state index contributed by atoms with van der Waals surface area (Å²) in [5, 5.41) is 2.54. The molecule has 0 spiro atoms. The van der Waals surface area contributed by atoms with Gasteiger partial charge in [0.05, 0.1) is 16.4 Å². The highest BCUT2D eigenvalue weighted by Gasteiger charge is 2.49. The topological polar surface area (TPSA) is 17.8 Å². The van der Waals surface area contributed by atoms with Crippen molar-refractivity contribution in [2.75, 3.05) is 0 Å². The van der Waals surface area contributed by atoms with Crippen molar-refractivity contribution in [1.82, 2.24) is 9.55 Å². The number of fused-ring (bicyclic) bond motifs is 6. The molecule has 5 aromatic carbocycles. The van der Waals surface area contributed by atoms with Crippen molar-refractivity contribution in [3.8, 4) is 27.9 Å². The van der Waals surface area contributed by atoms with E-state index < -0.39 is 0 Å². The summed E-state index contributed by atoms with van der Waals surface area (Å²) in [4.78, 5) is 4.67. The zero-order valence-electron chi connectivity index (χ0n) is 25.0. The van der Waals surface area contributed by atoms with Gasteiger partial charge in [-0.1, -0.05) is 115 Å². The van der Waals surface area contributed by atoms with E-state index in [1.807, 2.05) is 6.20 Å². The SMILES string of the molecule is C1=CCCC(C2(c3cccnc3)c3ccccc3-c3c(-c4ccc5c(c4)c4ccccc4n5-c4ccccc4)cccc32)C=C1. The van der Waals surface area contributed by atoms with Crippen LogP contribution < -0.4 is 0 Å². The first-order valence-electron chi connectivity index (χ1n) is 15.9. The highest BCUT2D eigenvalue weighted by Crippen LogP contribution is 2.59. The first-order chi connectivity index (χ1) is 22.4. The van der Waals surface area contributed by atoms with Crippen molar-refractivity contribution >= 4 is 21.8 Å². The number of hydrogen-bond donors (Lipinski definition) is 0. The molecule has 2 heteroatoms. The summed E-state index contributed by atoms with van der Waals surface area (Å²) in [6, 6.07) is 46.9. The maximum atomic E-state index is 4.67. The number of benzene rings is 5. The summed E-state index contributed by atoms with van der Waals surface area (Å²) in [5.74, 6) is 0.292. The number of para-hydroxylation sites is 2. The predicted octanol–water partition coefficient (Wildman–Crippen LogP) is 10.7. The quantitative estimate of drug-likeness (QED) is 0.204. The number of nitrogens with zero attached hydrogens (tertiary/aromatic N) is 2. The summed E-state index contributed by atoms with van der Waals surface area (Å²) in [7, 11) is 0. The number of pyridine rings is 1. The zero-order valence-corrected chi connectivity index (χ0v) is 25.0. The minimum absolute atomic E-state index is 0.292. The molecule has 0 saturated heterocycles. The number of hydrogen-bond acceptors (Lipinski definition) is 1. The van der Waals surface area contributed by atoms with E-state index >= 15 is 0 Å². The highest BCUT2D eigenvalue weighted by atomic mass is 15.0. The molecule has 0 amide bonds. The van der Waals surface area contributed by atoms with E-state index in [-0.39, 0.29) is 5.41 Å². The Labute approximate surface area is 263 Å². The van der Waals surface area contributed by atoms with E-state index in [0.29, 0.717) is 5.92 Å². The van der Waals surface area contributed by atoms with E-state index in [1.54, 1.807) is 0 Å². The largest absolute Gasteiger partial charge is 0.309 e. The lowest BCUT2D eigenvalue weighted by Crippen LogP contribution is -2.35. The van der Waals surface area contributed by atoms with Gasteiger partial charge in [-0.3, -0.25) is 4.98 Å². The van der Waals surface area contributed by atoms with Crippen LogP contribution in [0.2, 0.25) is 0 Å². The molecule has 0 aliphatic heterocycles. The lowest BCUT2D eigenvalue weighted by Gasteiger charge is -2.39. The van der Waals surface area contributed by atoms with Crippen LogP contribution >= 0.6 is 0 Å². The van der Waals surface area contributed by atoms with Crippen molar-refractivity contribution in [3.05, 3.63) is 181 Å². The van der Waals surface area contributed by atoms with Gasteiger partial charge in [0, 0.05) is 28.9 Å². The van der Waals surface area contributed by atoms with Crippen LogP contribution in [-0.2, 0) is 5.41 Å². The third kappa shape index (κ3) is 3.79. The number of allylic oxidation sites excluding steroid dienone is 4. The van der Waals surface area contributed by atoms with Crippen molar-refractivity contribution in [2.24, 2.45) is 5.92 Å². The highest BCUT2D eigenvalue weighted by molar-refractivity contribution is 6.11. The van der Waals surface area contributed by atoms with Crippen LogP contribution in [0.4, 0.5) is 0 Å². The van der Waals surface area contributed by atoms with Gasteiger partial charge in [0.15, 0.2) is 0 Å². The monoisotopic (exact) mass is 576 g/mol. The Hall–Kier alpha value is -5.47. The zero-order chi connectivity index (χ0) is 29.8. The molecule has 0 radical (unpaired) electrons. The van der Waals surface area contributed by atoms with Crippen molar-refractivity contribution in [2.45, 2.75) is 18.3 Å². The molecule has 2 heterocycles. The fourth-order valence-corrected chi connectivity index (χ4v) is 8.22. The van der Waals surface area contributed by atoms with Crippen molar-refractivity contribution in [3.63, 3.8) is 0 Å². The average Bonchev–Trinajstić information content (AvgIpc) is 3.44. The maximum Gasteiger partial charge on any atom is 0.0541 e. The standard InChI is InChI=1S/C43H32N2/c1-2-5-15-31(14-4-1)43(32-16-13-27-44-29-32)38-22-10-8-20-36(38)42-34(21-12-23-39(42)43)30-25-26-41-37(28-30)35-19-9-11-24-40(35)45(41)33-17-6-3-7-18-33/h1-4,6-14,16-29,31H,5,15H2. The molecule has 0 bridgehead atoms. The smallest absolute Gasteiger partial charge is 0.0541 e. The van der Waals surface area contributed by atoms with Crippen LogP contribution in [0.1, 0.15) is 29.5 Å². The van der Waals surface area contributed by atoms with Gasteiger partial charge in [0.25, 0.3) is 0 Å². The van der Waals surface area contributed by atoms with Gasteiger partial charge in [-0.15, -0.1) is 0 Å². The molecule has 45 heavy (non-hydrogen) atoms. The summed E-state index contributed by atoms with van der Waals surface area (Å²) in [5.41, 5.74) is 12.5. The van der Waals surface area contributed by atoms with Crippen LogP contribution in [-0.4, -0.2) is 9.55 Å². The molecule has 9 rings (SSSR count). The van der Waals surface area contributed by atoms with Gasteiger partial charge in [-0.2, -0.15) is 0 Å². The van der Waals surface area contributed by atoms with Crippen LogP contribution in [0.15, 0.2) is 164 Å². The molecule has 2 aliphatic rings. The number of aromatic nitrogens is 2. The first-order valence-corrected chi connectivity index (χ1v) is 15.9. The lowest BCUT2D eigenvalue weighted by atomic mass is 9.63. The third-order valence-corrected chi connectivity index (χ3v) is 10.0. The van der Waals surface area contributed by atoms with Crippen molar-refractivity contribution in [1.29, 1.82) is 0 Å². The van der Waals surface area contributed by atoms with Gasteiger partial charge in [-0.25, -0.2) is 0 Å². The Kier molecular flexibility index (Phi) is 5.96. The van der Waals surface area contributed by atoms with Gasteiger partial charge < -0.3 is 4.57 Å². The second-order valence-electron chi connectivity index (χ2n) is 12.2. The minimum atomic E-state index is -0.327.